The van der Waals surface area contributed by atoms with Gasteiger partial charge in [-0.3, -0.25) is 0 Å². The predicted octanol–water partition coefficient (Wildman–Crippen LogP) is 4.04. The van der Waals surface area contributed by atoms with Crippen molar-refractivity contribution in [1.29, 1.82) is 0 Å². The summed E-state index contributed by atoms with van der Waals surface area (Å²) in [7, 11) is 0. The van der Waals surface area contributed by atoms with Crippen LogP contribution in [0.2, 0.25) is 0 Å². The summed E-state index contributed by atoms with van der Waals surface area (Å²) < 4.78 is 6.27. The fourth-order valence-corrected chi connectivity index (χ4v) is 3.92. The van der Waals surface area contributed by atoms with Crippen molar-refractivity contribution in [1.82, 2.24) is 0 Å². The number of aliphatic hydroxyl groups is 1. The Hall–Kier alpha value is -1.12. The maximum atomic E-state index is 10.8. The van der Waals surface area contributed by atoms with E-state index >= 15 is 0 Å². The molecule has 1 aromatic rings. The second-order valence-electron chi connectivity index (χ2n) is 7.07. The van der Waals surface area contributed by atoms with Crippen molar-refractivity contribution in [3.8, 4) is 0 Å². The monoisotopic (exact) mass is 286 g/mol. The van der Waals surface area contributed by atoms with E-state index in [1.54, 1.807) is 0 Å². The molecule has 1 aromatic carbocycles. The number of fused-ring (bicyclic) bond motifs is 1. The maximum Gasteiger partial charge on any atom is 0.0790 e. The van der Waals surface area contributed by atoms with Crippen molar-refractivity contribution in [2.24, 2.45) is 11.8 Å². The molecule has 3 rings (SSSR count). The van der Waals surface area contributed by atoms with Crippen LogP contribution in [0.15, 0.2) is 36.4 Å². The summed E-state index contributed by atoms with van der Waals surface area (Å²) in [5.74, 6) is 1.01. The van der Waals surface area contributed by atoms with Crippen LogP contribution in [0.25, 0.3) is 6.08 Å². The molecule has 0 radical (unpaired) electrons. The van der Waals surface area contributed by atoms with Crippen molar-refractivity contribution >= 4 is 6.08 Å². The lowest BCUT2D eigenvalue weighted by Gasteiger charge is -2.49. The largest absolute Gasteiger partial charge is 0.390 e. The van der Waals surface area contributed by atoms with Crippen molar-refractivity contribution in [2.45, 2.75) is 57.3 Å². The van der Waals surface area contributed by atoms with Crippen LogP contribution < -0.4 is 0 Å². The number of hydrogen-bond donors (Lipinski definition) is 1. The van der Waals surface area contributed by atoms with E-state index < -0.39 is 5.60 Å². The lowest BCUT2D eigenvalue weighted by molar-refractivity contribution is -0.183. The fourth-order valence-electron chi connectivity index (χ4n) is 3.92. The van der Waals surface area contributed by atoms with E-state index in [1.807, 2.05) is 25.1 Å². The molecule has 0 aromatic heterocycles. The minimum atomic E-state index is -0.602. The van der Waals surface area contributed by atoms with Crippen LogP contribution in [0.5, 0.6) is 0 Å². The lowest BCUT2D eigenvalue weighted by Crippen LogP contribution is -2.53. The highest BCUT2D eigenvalue weighted by atomic mass is 16.5. The molecular weight excluding hydrogens is 260 g/mol. The molecule has 2 fully saturated rings. The van der Waals surface area contributed by atoms with Gasteiger partial charge in [-0.05, 0) is 31.2 Å². The van der Waals surface area contributed by atoms with E-state index in [-0.39, 0.29) is 12.2 Å². The van der Waals surface area contributed by atoms with Crippen molar-refractivity contribution < 1.29 is 9.84 Å². The third-order valence-electron chi connectivity index (χ3n) is 5.12. The number of hydrogen-bond acceptors (Lipinski definition) is 2. The Bertz CT molecular complexity index is 492. The molecule has 2 nitrogen and oxygen atoms in total. The SMILES string of the molecule is C[C@@H]1CC[C@@H]2[C@@H](C1)O[C@@H](/C=C/c1ccccc1)C[C@@]2(C)O. The molecule has 1 N–H and O–H groups in total. The van der Waals surface area contributed by atoms with Crippen LogP contribution in [0.3, 0.4) is 0 Å². The van der Waals surface area contributed by atoms with Gasteiger partial charge in [0.2, 0.25) is 0 Å². The molecule has 21 heavy (non-hydrogen) atoms. The van der Waals surface area contributed by atoms with Gasteiger partial charge in [-0.25, -0.2) is 0 Å². The first-order valence-corrected chi connectivity index (χ1v) is 8.16. The zero-order chi connectivity index (χ0) is 14.9. The Kier molecular flexibility index (Phi) is 4.19. The number of rotatable bonds is 2. The van der Waals surface area contributed by atoms with E-state index in [4.69, 9.17) is 4.74 Å². The van der Waals surface area contributed by atoms with Gasteiger partial charge in [-0.2, -0.15) is 0 Å². The first-order chi connectivity index (χ1) is 10.0. The molecule has 1 aliphatic carbocycles. The highest BCUT2D eigenvalue weighted by Crippen LogP contribution is 2.43. The molecule has 1 saturated heterocycles. The zero-order valence-corrected chi connectivity index (χ0v) is 13.0. The Morgan fingerprint density at radius 1 is 1.24 bits per heavy atom. The summed E-state index contributed by atoms with van der Waals surface area (Å²) in [6.07, 6.45) is 8.53. The van der Waals surface area contributed by atoms with E-state index in [2.05, 4.69) is 31.2 Å². The number of benzene rings is 1. The quantitative estimate of drug-likeness (QED) is 0.889. The van der Waals surface area contributed by atoms with Crippen molar-refractivity contribution in [2.75, 3.05) is 0 Å². The van der Waals surface area contributed by atoms with Crippen LogP contribution >= 0.6 is 0 Å². The highest BCUT2D eigenvalue weighted by molar-refractivity contribution is 5.49. The van der Waals surface area contributed by atoms with Gasteiger partial charge in [-0.1, -0.05) is 55.8 Å². The zero-order valence-electron chi connectivity index (χ0n) is 13.0. The Balaban J connectivity index is 1.71. The van der Waals surface area contributed by atoms with Gasteiger partial charge >= 0.3 is 0 Å². The second kappa shape index (κ2) is 5.94. The molecule has 0 unspecified atom stereocenters. The van der Waals surface area contributed by atoms with Crippen LogP contribution in [-0.2, 0) is 4.74 Å². The normalized spacial score (nSPS) is 40.1. The van der Waals surface area contributed by atoms with E-state index in [9.17, 15) is 5.11 Å². The minimum Gasteiger partial charge on any atom is -0.390 e. The Labute approximate surface area is 127 Å². The molecule has 0 amide bonds. The average Bonchev–Trinajstić information content (AvgIpc) is 2.45. The summed E-state index contributed by atoms with van der Waals surface area (Å²) in [4.78, 5) is 0. The van der Waals surface area contributed by atoms with Gasteiger partial charge in [0.15, 0.2) is 0 Å². The van der Waals surface area contributed by atoms with Crippen LogP contribution in [0, 0.1) is 11.8 Å². The standard InChI is InChI=1S/C19H26O2/c1-14-8-11-17-18(12-14)21-16(13-19(17,2)20)10-9-15-6-4-3-5-7-15/h3-7,9-10,14,16-18,20H,8,11-13H2,1-2H3/b10-9+/t14-,16+,17-,18-,19-/m1/s1. The molecule has 2 aliphatic rings. The lowest BCUT2D eigenvalue weighted by atomic mass is 9.69. The fraction of sp³-hybridized carbons (Fsp3) is 0.579. The first-order valence-electron chi connectivity index (χ1n) is 8.16. The molecule has 114 valence electrons. The molecular formula is C19H26O2. The molecule has 1 saturated carbocycles. The van der Waals surface area contributed by atoms with Crippen LogP contribution in [0.4, 0.5) is 0 Å². The van der Waals surface area contributed by atoms with Crippen molar-refractivity contribution in [3.63, 3.8) is 0 Å². The second-order valence-corrected chi connectivity index (χ2v) is 7.07. The smallest absolute Gasteiger partial charge is 0.0790 e. The van der Waals surface area contributed by atoms with Gasteiger partial charge in [-0.15, -0.1) is 0 Å². The molecule has 1 heterocycles. The summed E-state index contributed by atoms with van der Waals surface area (Å²) in [6, 6.07) is 10.3. The molecule has 1 aliphatic heterocycles. The maximum absolute atomic E-state index is 10.8. The summed E-state index contributed by atoms with van der Waals surface area (Å²) >= 11 is 0. The van der Waals surface area contributed by atoms with Crippen LogP contribution in [-0.4, -0.2) is 22.9 Å². The molecule has 5 atom stereocenters. The Morgan fingerprint density at radius 2 is 2.00 bits per heavy atom. The van der Waals surface area contributed by atoms with Crippen LogP contribution in [0.1, 0.15) is 45.1 Å². The summed E-state index contributed by atoms with van der Waals surface area (Å²) in [5, 5.41) is 10.8. The topological polar surface area (TPSA) is 29.5 Å². The van der Waals surface area contributed by atoms with Gasteiger partial charge in [0.05, 0.1) is 17.8 Å². The first kappa shape index (κ1) is 14.8. The van der Waals surface area contributed by atoms with E-state index in [1.165, 1.54) is 12.0 Å². The third kappa shape index (κ3) is 3.38. The highest BCUT2D eigenvalue weighted by Gasteiger charge is 2.46. The molecule has 0 spiro atoms. The Morgan fingerprint density at radius 3 is 2.76 bits per heavy atom. The molecule has 0 bridgehead atoms. The van der Waals surface area contributed by atoms with Gasteiger partial charge in [0.1, 0.15) is 0 Å². The molecule has 2 heteroatoms. The van der Waals surface area contributed by atoms with Crippen molar-refractivity contribution in [3.05, 3.63) is 42.0 Å². The van der Waals surface area contributed by atoms with E-state index in [0.717, 1.165) is 12.8 Å². The summed E-state index contributed by atoms with van der Waals surface area (Å²) in [6.45, 7) is 4.28. The van der Waals surface area contributed by atoms with Gasteiger partial charge < -0.3 is 9.84 Å². The minimum absolute atomic E-state index is 0.0201. The third-order valence-corrected chi connectivity index (χ3v) is 5.12. The van der Waals surface area contributed by atoms with E-state index in [0.29, 0.717) is 18.3 Å². The number of ether oxygens (including phenoxy) is 1. The summed E-state index contributed by atoms with van der Waals surface area (Å²) in [5.41, 5.74) is 0.578. The average molecular weight is 286 g/mol. The van der Waals surface area contributed by atoms with Gasteiger partial charge in [0.25, 0.3) is 0 Å². The predicted molar refractivity (Wildman–Crippen MR) is 85.9 cm³/mol. The van der Waals surface area contributed by atoms with Gasteiger partial charge in [0, 0.05) is 12.3 Å².